The van der Waals surface area contributed by atoms with Crippen LogP contribution in [0.5, 0.6) is 0 Å². The Morgan fingerprint density at radius 1 is 1.10 bits per heavy atom. The lowest BCUT2D eigenvalue weighted by Gasteiger charge is -2.17. The van der Waals surface area contributed by atoms with Gasteiger partial charge in [0, 0.05) is 25.7 Å². The number of likely N-dealkylation sites (N-methyl/N-ethyl adjacent to an activating group) is 1. The maximum Gasteiger partial charge on any atom is 0.253 e. The van der Waals surface area contributed by atoms with Crippen molar-refractivity contribution in [1.29, 1.82) is 0 Å². The lowest BCUT2D eigenvalue weighted by molar-refractivity contribution is -0.128. The zero-order valence-electron chi connectivity index (χ0n) is 17.4. The number of rotatable bonds is 8. The van der Waals surface area contributed by atoms with E-state index in [4.69, 9.17) is 23.2 Å². The van der Waals surface area contributed by atoms with Crippen LogP contribution in [0.25, 0.3) is 11.3 Å². The first-order valence-electron chi connectivity index (χ1n) is 9.90. The summed E-state index contributed by atoms with van der Waals surface area (Å²) in [6, 6.07) is 16.8. The second-order valence-electron chi connectivity index (χ2n) is 7.24. The summed E-state index contributed by atoms with van der Waals surface area (Å²) in [5, 5.41) is 7.87. The molecule has 0 unspecified atom stereocenters. The smallest absolute Gasteiger partial charge is 0.253 e. The maximum atomic E-state index is 12.3. The van der Waals surface area contributed by atoms with Crippen LogP contribution in [0.2, 0.25) is 10.0 Å². The molecule has 162 valence electrons. The molecule has 0 atom stereocenters. The molecule has 31 heavy (non-hydrogen) atoms. The number of aromatic nitrogens is 2. The minimum atomic E-state index is -0.412. The quantitative estimate of drug-likeness (QED) is 0.549. The van der Waals surface area contributed by atoms with E-state index in [1.54, 1.807) is 18.0 Å². The van der Waals surface area contributed by atoms with Gasteiger partial charge in [0.2, 0.25) is 5.91 Å². The molecule has 1 aromatic heterocycles. The molecule has 2 amide bonds. The molecule has 0 saturated heterocycles. The number of hydrogen-bond acceptors (Lipinski definition) is 3. The minimum Gasteiger partial charge on any atom is -0.344 e. The summed E-state index contributed by atoms with van der Waals surface area (Å²) >= 11 is 11.9. The highest BCUT2D eigenvalue weighted by atomic mass is 35.5. The fourth-order valence-corrected chi connectivity index (χ4v) is 3.70. The maximum absolute atomic E-state index is 12.3. The van der Waals surface area contributed by atoms with E-state index >= 15 is 0 Å². The van der Waals surface area contributed by atoms with Crippen LogP contribution in [0, 0.1) is 0 Å². The molecule has 0 aliphatic rings. The monoisotopic (exact) mass is 458 g/mol. The number of amides is 2. The molecule has 0 saturated carbocycles. The molecular formula is C23H24Cl2N4O2. The Kier molecular flexibility index (Phi) is 7.71. The molecule has 1 heterocycles. The summed E-state index contributed by atoms with van der Waals surface area (Å²) in [5.74, 6) is -0.588. The van der Waals surface area contributed by atoms with Crippen LogP contribution in [0.1, 0.15) is 22.5 Å². The Labute approximate surface area is 191 Å². The van der Waals surface area contributed by atoms with Gasteiger partial charge in [-0.2, -0.15) is 5.10 Å². The third-order valence-electron chi connectivity index (χ3n) is 4.93. The summed E-state index contributed by atoms with van der Waals surface area (Å²) in [6.45, 7) is 0.462. The highest BCUT2D eigenvalue weighted by molar-refractivity contribution is 6.36. The van der Waals surface area contributed by atoms with Gasteiger partial charge in [0.25, 0.3) is 5.91 Å². The van der Waals surface area contributed by atoms with Gasteiger partial charge in [0.1, 0.15) is 0 Å². The van der Waals surface area contributed by atoms with Crippen molar-refractivity contribution in [3.63, 3.8) is 0 Å². The van der Waals surface area contributed by atoms with Crippen LogP contribution < -0.4 is 5.32 Å². The lowest BCUT2D eigenvalue weighted by Crippen LogP contribution is -2.38. The van der Waals surface area contributed by atoms with Gasteiger partial charge in [-0.05, 0) is 42.7 Å². The SMILES string of the molecule is CN(CCCc1cc(-c2ccccc2)n(C)n1)C(=O)CNC(=O)c1ccc(Cl)cc1Cl. The minimum absolute atomic E-state index is 0.101. The van der Waals surface area contributed by atoms with Crippen molar-refractivity contribution in [2.45, 2.75) is 12.8 Å². The highest BCUT2D eigenvalue weighted by Crippen LogP contribution is 2.21. The molecule has 0 fully saturated rings. The molecule has 0 aliphatic heterocycles. The number of nitrogens with zero attached hydrogens (tertiary/aromatic N) is 3. The number of nitrogens with one attached hydrogen (secondary N) is 1. The molecule has 0 aliphatic carbocycles. The van der Waals surface area contributed by atoms with Crippen molar-refractivity contribution in [2.75, 3.05) is 20.1 Å². The van der Waals surface area contributed by atoms with E-state index in [1.807, 2.05) is 29.9 Å². The van der Waals surface area contributed by atoms with Crippen molar-refractivity contribution in [2.24, 2.45) is 7.05 Å². The van der Waals surface area contributed by atoms with Crippen LogP contribution in [0.15, 0.2) is 54.6 Å². The van der Waals surface area contributed by atoms with Crippen LogP contribution in [-0.4, -0.2) is 46.6 Å². The predicted molar refractivity (Wildman–Crippen MR) is 123 cm³/mol. The van der Waals surface area contributed by atoms with Crippen LogP contribution >= 0.6 is 23.2 Å². The van der Waals surface area contributed by atoms with Gasteiger partial charge in [0.05, 0.1) is 28.5 Å². The van der Waals surface area contributed by atoms with Crippen molar-refractivity contribution in [3.8, 4) is 11.3 Å². The topological polar surface area (TPSA) is 67.2 Å². The summed E-state index contributed by atoms with van der Waals surface area (Å²) in [7, 11) is 3.65. The number of hydrogen-bond donors (Lipinski definition) is 1. The van der Waals surface area contributed by atoms with E-state index in [1.165, 1.54) is 12.1 Å². The molecule has 2 aromatic carbocycles. The molecule has 1 N–H and O–H groups in total. The number of aryl methyl sites for hydroxylation is 2. The Morgan fingerprint density at radius 3 is 2.55 bits per heavy atom. The zero-order valence-corrected chi connectivity index (χ0v) is 19.0. The van der Waals surface area contributed by atoms with Crippen LogP contribution in [0.4, 0.5) is 0 Å². The van der Waals surface area contributed by atoms with Gasteiger partial charge in [-0.1, -0.05) is 53.5 Å². The second kappa shape index (κ2) is 10.5. The summed E-state index contributed by atoms with van der Waals surface area (Å²) in [6.07, 6.45) is 1.52. The molecule has 0 bridgehead atoms. The molecule has 0 spiro atoms. The largest absolute Gasteiger partial charge is 0.344 e. The normalized spacial score (nSPS) is 10.7. The average molecular weight is 459 g/mol. The second-order valence-corrected chi connectivity index (χ2v) is 8.08. The first-order valence-corrected chi connectivity index (χ1v) is 10.7. The van der Waals surface area contributed by atoms with Crippen molar-refractivity contribution in [1.82, 2.24) is 20.0 Å². The van der Waals surface area contributed by atoms with Gasteiger partial charge < -0.3 is 10.2 Å². The van der Waals surface area contributed by atoms with E-state index in [0.29, 0.717) is 11.6 Å². The van der Waals surface area contributed by atoms with Gasteiger partial charge in [0.15, 0.2) is 0 Å². The predicted octanol–water partition coefficient (Wildman–Crippen LogP) is 4.21. The van der Waals surface area contributed by atoms with E-state index in [2.05, 4.69) is 28.6 Å². The van der Waals surface area contributed by atoms with Crippen molar-refractivity contribution < 1.29 is 9.59 Å². The molecular weight excluding hydrogens is 435 g/mol. The van der Waals surface area contributed by atoms with Crippen LogP contribution in [-0.2, 0) is 18.3 Å². The Morgan fingerprint density at radius 2 is 1.84 bits per heavy atom. The first kappa shape index (κ1) is 22.8. The number of carbonyl (C=O) groups excluding carboxylic acids is 2. The van der Waals surface area contributed by atoms with Crippen molar-refractivity contribution in [3.05, 3.63) is 75.9 Å². The van der Waals surface area contributed by atoms with E-state index in [9.17, 15) is 9.59 Å². The Bertz CT molecular complexity index is 1070. The highest BCUT2D eigenvalue weighted by Gasteiger charge is 2.14. The molecule has 3 aromatic rings. The fourth-order valence-electron chi connectivity index (χ4n) is 3.21. The van der Waals surface area contributed by atoms with E-state index < -0.39 is 5.91 Å². The standard InChI is InChI=1S/C23H24Cl2N4O2/c1-28(22(30)15-26-23(31)19-11-10-17(24)13-20(19)25)12-6-9-18-14-21(29(2)27-18)16-7-4-3-5-8-16/h3-5,7-8,10-11,13-14H,6,9,12,15H2,1-2H3,(H,26,31). The zero-order chi connectivity index (χ0) is 22.4. The average Bonchev–Trinajstić information content (AvgIpc) is 3.12. The lowest BCUT2D eigenvalue weighted by atomic mass is 10.1. The number of halogens is 2. The third kappa shape index (κ3) is 6.09. The van der Waals surface area contributed by atoms with E-state index in [-0.39, 0.29) is 23.0 Å². The Balaban J connectivity index is 1.46. The summed E-state index contributed by atoms with van der Waals surface area (Å²) in [5.41, 5.74) is 3.44. The Hall–Kier alpha value is -2.83. The third-order valence-corrected chi connectivity index (χ3v) is 5.48. The molecule has 3 rings (SSSR count). The van der Waals surface area contributed by atoms with Crippen LogP contribution in [0.3, 0.4) is 0 Å². The van der Waals surface area contributed by atoms with Crippen molar-refractivity contribution >= 4 is 35.0 Å². The van der Waals surface area contributed by atoms with E-state index in [0.717, 1.165) is 29.8 Å². The van der Waals surface area contributed by atoms with Gasteiger partial charge in [-0.15, -0.1) is 0 Å². The molecule has 8 heteroatoms. The summed E-state index contributed by atoms with van der Waals surface area (Å²) < 4.78 is 1.87. The molecule has 6 nitrogen and oxygen atoms in total. The van der Waals surface area contributed by atoms with Gasteiger partial charge >= 0.3 is 0 Å². The fraction of sp³-hybridized carbons (Fsp3) is 0.261. The molecule has 0 radical (unpaired) electrons. The number of benzene rings is 2. The summed E-state index contributed by atoms with van der Waals surface area (Å²) in [4.78, 5) is 26.2. The van der Waals surface area contributed by atoms with Gasteiger partial charge in [-0.3, -0.25) is 14.3 Å². The first-order chi connectivity index (χ1) is 14.8. The van der Waals surface area contributed by atoms with Gasteiger partial charge in [-0.25, -0.2) is 0 Å². The number of carbonyl (C=O) groups is 2.